The molecule has 0 bridgehead atoms. The minimum absolute atomic E-state index is 0.123. The molecule has 2 unspecified atom stereocenters. The van der Waals surface area contributed by atoms with E-state index in [9.17, 15) is 0 Å². The summed E-state index contributed by atoms with van der Waals surface area (Å²) in [5, 5.41) is 3.51. The molecule has 0 aliphatic carbocycles. The van der Waals surface area contributed by atoms with Crippen molar-refractivity contribution < 1.29 is 14.2 Å². The largest absolute Gasteiger partial charge is 0.489 e. The Morgan fingerprint density at radius 2 is 1.90 bits per heavy atom. The van der Waals surface area contributed by atoms with Crippen LogP contribution in [0.2, 0.25) is 0 Å². The van der Waals surface area contributed by atoms with Crippen molar-refractivity contribution >= 4 is 5.96 Å². The fraction of sp³-hybridized carbons (Fsp3) is 0.458. The van der Waals surface area contributed by atoms with Gasteiger partial charge in [-0.15, -0.1) is 0 Å². The molecule has 0 spiro atoms. The number of nitrogens with zero attached hydrogens (tertiary/aromatic N) is 2. The average Bonchev–Trinajstić information content (AvgIpc) is 3.35. The van der Waals surface area contributed by atoms with Crippen molar-refractivity contribution in [3.63, 3.8) is 0 Å². The lowest BCUT2D eigenvalue weighted by Crippen LogP contribution is -2.53. The molecule has 0 saturated carbocycles. The van der Waals surface area contributed by atoms with Gasteiger partial charge in [0, 0.05) is 33.3 Å². The molecule has 0 amide bonds. The second kappa shape index (κ2) is 10.5. The number of rotatable bonds is 6. The normalized spacial score (nSPS) is 22.2. The Morgan fingerprint density at radius 3 is 2.70 bits per heavy atom. The lowest BCUT2D eigenvalue weighted by atomic mass is 10.1. The Bertz CT molecular complexity index is 821. The Kier molecular flexibility index (Phi) is 7.21. The highest BCUT2D eigenvalue weighted by Gasteiger charge is 2.32. The van der Waals surface area contributed by atoms with Gasteiger partial charge in [-0.3, -0.25) is 4.99 Å². The molecule has 2 aromatic carbocycles. The van der Waals surface area contributed by atoms with Crippen LogP contribution in [0.3, 0.4) is 0 Å². The molecule has 30 heavy (non-hydrogen) atoms. The zero-order chi connectivity index (χ0) is 20.6. The maximum absolute atomic E-state index is 5.97. The summed E-state index contributed by atoms with van der Waals surface area (Å²) in [5.41, 5.74) is 2.35. The van der Waals surface area contributed by atoms with Crippen LogP contribution in [0.15, 0.2) is 59.6 Å². The molecule has 2 aliphatic heterocycles. The van der Waals surface area contributed by atoms with Crippen LogP contribution in [0.5, 0.6) is 5.75 Å². The van der Waals surface area contributed by atoms with E-state index in [-0.39, 0.29) is 12.2 Å². The zero-order valence-corrected chi connectivity index (χ0v) is 17.6. The van der Waals surface area contributed by atoms with Crippen molar-refractivity contribution in [1.29, 1.82) is 0 Å². The Hall–Kier alpha value is -2.57. The van der Waals surface area contributed by atoms with E-state index in [1.807, 2.05) is 37.4 Å². The summed E-state index contributed by atoms with van der Waals surface area (Å²) in [7, 11) is 1.84. The molecular formula is C24H31N3O3. The highest BCUT2D eigenvalue weighted by Crippen LogP contribution is 2.21. The molecular weight excluding hydrogens is 378 g/mol. The monoisotopic (exact) mass is 409 g/mol. The standard InChI is InChI=1S/C24H31N3O3/c1-25-24(27-12-14-29-23(17-27)22-11-6-13-28-22)26-16-19-7-5-8-20(15-19)18-30-21-9-3-2-4-10-21/h2-5,7-10,15,22-23H,6,11-14,16-18H2,1H3,(H,25,26). The highest BCUT2D eigenvalue weighted by atomic mass is 16.5. The van der Waals surface area contributed by atoms with Crippen molar-refractivity contribution in [3.8, 4) is 5.75 Å². The SMILES string of the molecule is CN=C(NCc1cccc(COc2ccccc2)c1)N1CCOC(C2CCCO2)C1. The van der Waals surface area contributed by atoms with E-state index in [1.165, 1.54) is 5.56 Å². The van der Waals surface area contributed by atoms with Crippen LogP contribution in [0.25, 0.3) is 0 Å². The number of benzene rings is 2. The van der Waals surface area contributed by atoms with E-state index in [2.05, 4.69) is 39.5 Å². The number of nitrogens with one attached hydrogen (secondary N) is 1. The van der Waals surface area contributed by atoms with Crippen LogP contribution >= 0.6 is 0 Å². The topological polar surface area (TPSA) is 55.3 Å². The number of hydrogen-bond acceptors (Lipinski definition) is 4. The fourth-order valence-corrected chi connectivity index (χ4v) is 4.01. The molecule has 4 rings (SSSR count). The third kappa shape index (κ3) is 5.52. The second-order valence-electron chi connectivity index (χ2n) is 7.73. The first-order valence-electron chi connectivity index (χ1n) is 10.8. The smallest absolute Gasteiger partial charge is 0.194 e. The van der Waals surface area contributed by atoms with Gasteiger partial charge in [0.2, 0.25) is 0 Å². The number of aliphatic imine (C=N–C) groups is 1. The number of guanidine groups is 1. The third-order valence-electron chi connectivity index (χ3n) is 5.58. The first-order chi connectivity index (χ1) is 14.8. The molecule has 0 aromatic heterocycles. The molecule has 2 heterocycles. The Morgan fingerprint density at radius 1 is 1.07 bits per heavy atom. The summed E-state index contributed by atoms with van der Waals surface area (Å²) in [6.45, 7) is 4.48. The minimum atomic E-state index is 0.123. The van der Waals surface area contributed by atoms with Gasteiger partial charge < -0.3 is 24.4 Å². The van der Waals surface area contributed by atoms with Crippen molar-refractivity contribution in [3.05, 3.63) is 65.7 Å². The molecule has 2 fully saturated rings. The van der Waals surface area contributed by atoms with Crippen molar-refractivity contribution in [2.75, 3.05) is 33.4 Å². The van der Waals surface area contributed by atoms with Crippen molar-refractivity contribution in [1.82, 2.24) is 10.2 Å². The lowest BCUT2D eigenvalue weighted by molar-refractivity contribution is -0.0817. The summed E-state index contributed by atoms with van der Waals surface area (Å²) in [6, 6.07) is 18.4. The van der Waals surface area contributed by atoms with Gasteiger partial charge in [0.25, 0.3) is 0 Å². The molecule has 2 aliphatic rings. The quantitative estimate of drug-likeness (QED) is 0.587. The van der Waals surface area contributed by atoms with Gasteiger partial charge >= 0.3 is 0 Å². The van der Waals surface area contributed by atoms with Gasteiger partial charge in [-0.1, -0.05) is 42.5 Å². The first-order valence-corrected chi connectivity index (χ1v) is 10.8. The summed E-state index contributed by atoms with van der Waals surface area (Å²) in [6.07, 6.45) is 2.55. The number of morpholine rings is 1. The Labute approximate surface area is 178 Å². The second-order valence-corrected chi connectivity index (χ2v) is 7.73. The summed E-state index contributed by atoms with van der Waals surface area (Å²) >= 11 is 0. The van der Waals surface area contributed by atoms with E-state index >= 15 is 0 Å². The van der Waals surface area contributed by atoms with E-state index in [0.29, 0.717) is 19.8 Å². The summed E-state index contributed by atoms with van der Waals surface area (Å²) in [5.74, 6) is 1.79. The van der Waals surface area contributed by atoms with Gasteiger partial charge in [-0.2, -0.15) is 0 Å². The van der Waals surface area contributed by atoms with Crippen LogP contribution in [0, 0.1) is 0 Å². The summed E-state index contributed by atoms with van der Waals surface area (Å²) < 4.78 is 17.7. The number of para-hydroxylation sites is 1. The molecule has 2 saturated heterocycles. The van der Waals surface area contributed by atoms with Crippen molar-refractivity contribution in [2.45, 2.75) is 38.2 Å². The number of ether oxygens (including phenoxy) is 3. The highest BCUT2D eigenvalue weighted by molar-refractivity contribution is 5.80. The van der Waals surface area contributed by atoms with Crippen LogP contribution in [-0.2, 0) is 22.6 Å². The van der Waals surface area contributed by atoms with E-state index in [1.54, 1.807) is 0 Å². The predicted molar refractivity (Wildman–Crippen MR) is 118 cm³/mol. The van der Waals surface area contributed by atoms with Gasteiger partial charge in [0.15, 0.2) is 5.96 Å². The molecule has 0 radical (unpaired) electrons. The predicted octanol–water partition coefficient (Wildman–Crippen LogP) is 3.22. The molecule has 6 nitrogen and oxygen atoms in total. The first kappa shape index (κ1) is 20.7. The van der Waals surface area contributed by atoms with E-state index in [0.717, 1.165) is 49.8 Å². The van der Waals surface area contributed by atoms with Gasteiger partial charge in [0.05, 0.1) is 12.7 Å². The molecule has 160 valence electrons. The van der Waals surface area contributed by atoms with Gasteiger partial charge in [-0.05, 0) is 36.1 Å². The van der Waals surface area contributed by atoms with Crippen LogP contribution in [0.4, 0.5) is 0 Å². The summed E-state index contributed by atoms with van der Waals surface area (Å²) in [4.78, 5) is 6.77. The average molecular weight is 410 g/mol. The molecule has 6 heteroatoms. The lowest BCUT2D eigenvalue weighted by Gasteiger charge is -2.37. The maximum atomic E-state index is 5.97. The molecule has 2 atom stereocenters. The Balaban J connectivity index is 1.30. The zero-order valence-electron chi connectivity index (χ0n) is 17.6. The van der Waals surface area contributed by atoms with Crippen LogP contribution in [-0.4, -0.2) is 56.4 Å². The maximum Gasteiger partial charge on any atom is 0.194 e. The molecule has 1 N–H and O–H groups in total. The minimum Gasteiger partial charge on any atom is -0.489 e. The van der Waals surface area contributed by atoms with Crippen LogP contribution < -0.4 is 10.1 Å². The van der Waals surface area contributed by atoms with Gasteiger partial charge in [0.1, 0.15) is 18.5 Å². The van der Waals surface area contributed by atoms with E-state index < -0.39 is 0 Å². The molecule has 2 aromatic rings. The third-order valence-corrected chi connectivity index (χ3v) is 5.58. The van der Waals surface area contributed by atoms with Crippen molar-refractivity contribution in [2.24, 2.45) is 4.99 Å². The van der Waals surface area contributed by atoms with Crippen LogP contribution in [0.1, 0.15) is 24.0 Å². The van der Waals surface area contributed by atoms with Gasteiger partial charge in [-0.25, -0.2) is 0 Å². The fourth-order valence-electron chi connectivity index (χ4n) is 4.01. The number of hydrogen-bond donors (Lipinski definition) is 1. The van der Waals surface area contributed by atoms with E-state index in [4.69, 9.17) is 14.2 Å².